The molecule has 1 aliphatic heterocycles. The number of fused-ring (bicyclic) bond motifs is 1. The summed E-state index contributed by atoms with van der Waals surface area (Å²) >= 11 is 0. The Labute approximate surface area is 124 Å². The molecule has 3 rings (SSSR count). The summed E-state index contributed by atoms with van der Waals surface area (Å²) in [6, 6.07) is 5.19. The first kappa shape index (κ1) is 14.5. The number of imidazole rings is 1. The van der Waals surface area contributed by atoms with E-state index in [1.807, 2.05) is 13.0 Å². The molecule has 0 aliphatic carbocycles. The number of ether oxygens (including phenoxy) is 1. The molecule has 0 radical (unpaired) electrons. The van der Waals surface area contributed by atoms with Gasteiger partial charge in [-0.05, 0) is 31.9 Å². The molecule has 1 aromatic heterocycles. The van der Waals surface area contributed by atoms with Crippen LogP contribution in [0.2, 0.25) is 0 Å². The fourth-order valence-corrected chi connectivity index (χ4v) is 4.05. The van der Waals surface area contributed by atoms with Crippen LogP contribution < -0.4 is 0 Å². The summed E-state index contributed by atoms with van der Waals surface area (Å²) in [5.41, 5.74) is 1.28. The van der Waals surface area contributed by atoms with Crippen molar-refractivity contribution in [2.75, 3.05) is 6.26 Å². The van der Waals surface area contributed by atoms with Gasteiger partial charge in [-0.25, -0.2) is 13.4 Å². The lowest BCUT2D eigenvalue weighted by atomic mass is 9.89. The second kappa shape index (κ2) is 4.81. The Morgan fingerprint density at radius 2 is 1.90 bits per heavy atom. The minimum atomic E-state index is -3.29. The SMILES string of the molecule is CC1OC(C)C(c2nc3c(S(C)(=O)=O)cccc3[nH]2)C1C. The van der Waals surface area contributed by atoms with Crippen molar-refractivity contribution in [2.24, 2.45) is 5.92 Å². The van der Waals surface area contributed by atoms with Gasteiger partial charge in [-0.15, -0.1) is 0 Å². The van der Waals surface area contributed by atoms with Crippen LogP contribution in [0.3, 0.4) is 0 Å². The van der Waals surface area contributed by atoms with Crippen molar-refractivity contribution < 1.29 is 13.2 Å². The first-order valence-corrected chi connectivity index (χ1v) is 9.02. The molecule has 1 fully saturated rings. The predicted molar refractivity (Wildman–Crippen MR) is 81.1 cm³/mol. The summed E-state index contributed by atoms with van der Waals surface area (Å²) < 4.78 is 29.6. The fourth-order valence-electron chi connectivity index (χ4n) is 3.22. The summed E-state index contributed by atoms with van der Waals surface area (Å²) in [6.07, 6.45) is 1.45. The minimum absolute atomic E-state index is 0.0669. The number of aromatic nitrogens is 2. The number of benzene rings is 1. The molecule has 0 saturated carbocycles. The number of H-pyrrole nitrogens is 1. The van der Waals surface area contributed by atoms with Crippen LogP contribution in [0.5, 0.6) is 0 Å². The fraction of sp³-hybridized carbons (Fsp3) is 0.533. The van der Waals surface area contributed by atoms with Gasteiger partial charge in [0.15, 0.2) is 9.84 Å². The van der Waals surface area contributed by atoms with Crippen molar-refractivity contribution in [2.45, 2.75) is 43.8 Å². The van der Waals surface area contributed by atoms with E-state index in [1.54, 1.807) is 12.1 Å². The highest BCUT2D eigenvalue weighted by molar-refractivity contribution is 7.91. The van der Waals surface area contributed by atoms with Gasteiger partial charge in [0.2, 0.25) is 0 Å². The maximum atomic E-state index is 11.9. The third kappa shape index (κ3) is 2.36. The van der Waals surface area contributed by atoms with Crippen molar-refractivity contribution in [1.29, 1.82) is 0 Å². The molecule has 114 valence electrons. The highest BCUT2D eigenvalue weighted by Crippen LogP contribution is 2.39. The molecule has 5 nitrogen and oxygen atoms in total. The van der Waals surface area contributed by atoms with Crippen LogP contribution in [0.25, 0.3) is 11.0 Å². The normalized spacial score (nSPS) is 30.1. The van der Waals surface area contributed by atoms with E-state index in [0.717, 1.165) is 11.3 Å². The minimum Gasteiger partial charge on any atom is -0.374 e. The first-order chi connectivity index (χ1) is 9.79. The number of para-hydroxylation sites is 1. The molecule has 0 spiro atoms. The largest absolute Gasteiger partial charge is 0.374 e. The van der Waals surface area contributed by atoms with E-state index in [9.17, 15) is 8.42 Å². The molecule has 2 heterocycles. The highest BCUT2D eigenvalue weighted by Gasteiger charge is 2.39. The van der Waals surface area contributed by atoms with Crippen molar-refractivity contribution in [3.63, 3.8) is 0 Å². The van der Waals surface area contributed by atoms with Crippen LogP contribution >= 0.6 is 0 Å². The van der Waals surface area contributed by atoms with Crippen LogP contribution in [0.4, 0.5) is 0 Å². The van der Waals surface area contributed by atoms with Gasteiger partial charge in [0.05, 0.1) is 22.6 Å². The van der Waals surface area contributed by atoms with E-state index >= 15 is 0 Å². The topological polar surface area (TPSA) is 72.0 Å². The summed E-state index contributed by atoms with van der Waals surface area (Å²) in [6.45, 7) is 6.24. The summed E-state index contributed by atoms with van der Waals surface area (Å²) in [4.78, 5) is 8.13. The zero-order valence-electron chi connectivity index (χ0n) is 12.6. The molecule has 1 saturated heterocycles. The number of nitrogens with zero attached hydrogens (tertiary/aromatic N) is 1. The molecular formula is C15H20N2O3S. The summed E-state index contributed by atoms with van der Waals surface area (Å²) in [5.74, 6) is 1.30. The molecule has 0 bridgehead atoms. The van der Waals surface area contributed by atoms with Crippen LogP contribution in [0.1, 0.15) is 32.5 Å². The average molecular weight is 308 g/mol. The number of hydrogen-bond acceptors (Lipinski definition) is 4. The quantitative estimate of drug-likeness (QED) is 0.925. The van der Waals surface area contributed by atoms with E-state index in [-0.39, 0.29) is 23.0 Å². The summed E-state index contributed by atoms with van der Waals surface area (Å²) in [5, 5.41) is 0. The van der Waals surface area contributed by atoms with Gasteiger partial charge in [-0.2, -0.15) is 0 Å². The van der Waals surface area contributed by atoms with Crippen molar-refractivity contribution in [3.05, 3.63) is 24.0 Å². The molecule has 0 amide bonds. The molecule has 1 aromatic carbocycles. The van der Waals surface area contributed by atoms with Crippen LogP contribution in [-0.4, -0.2) is 36.8 Å². The zero-order valence-corrected chi connectivity index (χ0v) is 13.4. The monoisotopic (exact) mass is 308 g/mol. The van der Waals surface area contributed by atoms with Gasteiger partial charge in [0.1, 0.15) is 11.3 Å². The highest BCUT2D eigenvalue weighted by atomic mass is 32.2. The summed E-state index contributed by atoms with van der Waals surface area (Å²) in [7, 11) is -3.29. The lowest BCUT2D eigenvalue weighted by molar-refractivity contribution is 0.0554. The number of sulfone groups is 1. The first-order valence-electron chi connectivity index (χ1n) is 7.13. The third-order valence-electron chi connectivity index (χ3n) is 4.45. The Balaban J connectivity index is 2.15. The maximum Gasteiger partial charge on any atom is 0.177 e. The van der Waals surface area contributed by atoms with Gasteiger partial charge in [-0.1, -0.05) is 13.0 Å². The lowest BCUT2D eigenvalue weighted by Gasteiger charge is -2.15. The van der Waals surface area contributed by atoms with Gasteiger partial charge < -0.3 is 9.72 Å². The molecule has 6 heteroatoms. The van der Waals surface area contributed by atoms with Gasteiger partial charge in [-0.3, -0.25) is 0 Å². The second-order valence-corrected chi connectivity index (χ2v) is 7.96. The van der Waals surface area contributed by atoms with Crippen LogP contribution in [0.15, 0.2) is 23.1 Å². The molecule has 1 aliphatic rings. The van der Waals surface area contributed by atoms with Crippen molar-refractivity contribution >= 4 is 20.9 Å². The third-order valence-corrected chi connectivity index (χ3v) is 5.58. The number of hydrogen-bond donors (Lipinski definition) is 1. The Morgan fingerprint density at radius 3 is 2.48 bits per heavy atom. The predicted octanol–water partition coefficient (Wildman–Crippen LogP) is 2.49. The van der Waals surface area contributed by atoms with Gasteiger partial charge in [0.25, 0.3) is 0 Å². The number of rotatable bonds is 2. The molecule has 2 aromatic rings. The Hall–Kier alpha value is -1.40. The van der Waals surface area contributed by atoms with Crippen LogP contribution in [0, 0.1) is 5.92 Å². The average Bonchev–Trinajstić information content (AvgIpc) is 2.89. The van der Waals surface area contributed by atoms with E-state index < -0.39 is 9.84 Å². The maximum absolute atomic E-state index is 11.9. The Morgan fingerprint density at radius 1 is 1.19 bits per heavy atom. The molecule has 4 atom stereocenters. The van der Waals surface area contributed by atoms with Crippen LogP contribution in [-0.2, 0) is 14.6 Å². The number of nitrogens with one attached hydrogen (secondary N) is 1. The molecule has 21 heavy (non-hydrogen) atoms. The molecule has 4 unspecified atom stereocenters. The van der Waals surface area contributed by atoms with E-state index in [2.05, 4.69) is 23.8 Å². The molecular weight excluding hydrogens is 288 g/mol. The van der Waals surface area contributed by atoms with Gasteiger partial charge >= 0.3 is 0 Å². The lowest BCUT2D eigenvalue weighted by Crippen LogP contribution is -2.16. The number of aromatic amines is 1. The van der Waals surface area contributed by atoms with Gasteiger partial charge in [0, 0.05) is 12.2 Å². The standard InChI is InChI=1S/C15H20N2O3S/c1-8-9(2)20-10(3)13(8)15-16-11-6-5-7-12(14(11)17-15)21(4,18)19/h5-10,13H,1-4H3,(H,16,17). The smallest absolute Gasteiger partial charge is 0.177 e. The van der Waals surface area contributed by atoms with E-state index in [4.69, 9.17) is 4.74 Å². The van der Waals surface area contributed by atoms with Crippen molar-refractivity contribution in [3.8, 4) is 0 Å². The molecule has 1 N–H and O–H groups in total. The second-order valence-electron chi connectivity index (χ2n) is 5.98. The van der Waals surface area contributed by atoms with E-state index in [0.29, 0.717) is 11.4 Å². The van der Waals surface area contributed by atoms with E-state index in [1.165, 1.54) is 6.26 Å². The van der Waals surface area contributed by atoms with Crippen molar-refractivity contribution in [1.82, 2.24) is 9.97 Å². The Bertz CT molecular complexity index is 781. The Kier molecular flexibility index (Phi) is 3.33. The zero-order chi connectivity index (χ0) is 15.4.